The van der Waals surface area contributed by atoms with Crippen molar-refractivity contribution in [1.29, 1.82) is 0 Å². The number of ether oxygens (including phenoxy) is 2. The van der Waals surface area contributed by atoms with Crippen LogP contribution in [0.15, 0.2) is 53.5 Å². The molecule has 1 aromatic heterocycles. The summed E-state index contributed by atoms with van der Waals surface area (Å²) in [5.74, 6) is 1.97. The molecule has 6 heteroatoms. The molecule has 1 aliphatic carbocycles. The lowest BCUT2D eigenvalue weighted by molar-refractivity contribution is 0.102. The normalized spacial score (nSPS) is 17.2. The first kappa shape index (κ1) is 21.7. The van der Waals surface area contributed by atoms with E-state index < -0.39 is 0 Å². The Morgan fingerprint density at radius 2 is 1.91 bits per heavy atom. The summed E-state index contributed by atoms with van der Waals surface area (Å²) in [6.07, 6.45) is 4.80. The number of anilines is 1. The van der Waals surface area contributed by atoms with Gasteiger partial charge in [-0.05, 0) is 72.1 Å². The van der Waals surface area contributed by atoms with Gasteiger partial charge in [0.1, 0.15) is 5.00 Å². The molecule has 0 fully saturated rings. The molecule has 1 amide bonds. The van der Waals surface area contributed by atoms with Crippen LogP contribution in [0.2, 0.25) is 0 Å². The summed E-state index contributed by atoms with van der Waals surface area (Å²) in [6, 6.07) is 15.3. The molecule has 0 saturated carbocycles. The third kappa shape index (κ3) is 4.53. The Morgan fingerprint density at radius 1 is 1.12 bits per heavy atom. The number of rotatable bonds is 4. The van der Waals surface area contributed by atoms with Gasteiger partial charge in [0.15, 0.2) is 11.5 Å². The summed E-state index contributed by atoms with van der Waals surface area (Å²) in [7, 11) is 0. The van der Waals surface area contributed by atoms with E-state index in [4.69, 9.17) is 14.5 Å². The second kappa shape index (κ2) is 8.67. The lowest BCUT2D eigenvalue weighted by Crippen LogP contribution is -2.27. The summed E-state index contributed by atoms with van der Waals surface area (Å²) in [4.78, 5) is 19.5. The van der Waals surface area contributed by atoms with Gasteiger partial charge < -0.3 is 14.8 Å². The van der Waals surface area contributed by atoms with Gasteiger partial charge in [0, 0.05) is 16.8 Å². The van der Waals surface area contributed by atoms with E-state index in [2.05, 4.69) is 26.1 Å². The second-order valence-corrected chi connectivity index (χ2v) is 10.8. The van der Waals surface area contributed by atoms with Crippen molar-refractivity contribution in [2.45, 2.75) is 40.0 Å². The maximum absolute atomic E-state index is 13.4. The monoisotopic (exact) mass is 460 g/mol. The van der Waals surface area contributed by atoms with Gasteiger partial charge in [-0.3, -0.25) is 4.79 Å². The van der Waals surface area contributed by atoms with Crippen LogP contribution >= 0.6 is 11.3 Å². The predicted octanol–water partition coefficient (Wildman–Crippen LogP) is 6.63. The first-order valence-electron chi connectivity index (χ1n) is 11.3. The molecular formula is C27H28N2O3S. The van der Waals surface area contributed by atoms with Gasteiger partial charge in [0.2, 0.25) is 6.79 Å². The lowest BCUT2D eigenvalue weighted by atomic mass is 9.72. The molecule has 0 unspecified atom stereocenters. The number of hydrogen-bond donors (Lipinski definition) is 1. The Labute approximate surface area is 198 Å². The maximum atomic E-state index is 13.4. The zero-order chi connectivity index (χ0) is 23.0. The quantitative estimate of drug-likeness (QED) is 0.445. The van der Waals surface area contributed by atoms with Crippen LogP contribution in [0.1, 0.15) is 53.6 Å². The van der Waals surface area contributed by atoms with Crippen LogP contribution in [-0.4, -0.2) is 18.9 Å². The third-order valence-corrected chi connectivity index (χ3v) is 7.62. The molecule has 0 radical (unpaired) electrons. The smallest absolute Gasteiger partial charge is 0.259 e. The summed E-state index contributed by atoms with van der Waals surface area (Å²) in [5, 5.41) is 3.83. The van der Waals surface area contributed by atoms with Crippen molar-refractivity contribution < 1.29 is 14.3 Å². The van der Waals surface area contributed by atoms with Crippen LogP contribution in [0, 0.1) is 11.3 Å². The van der Waals surface area contributed by atoms with E-state index in [-0.39, 0.29) is 18.1 Å². The molecule has 2 heterocycles. The van der Waals surface area contributed by atoms with Crippen molar-refractivity contribution in [2.75, 3.05) is 12.1 Å². The summed E-state index contributed by atoms with van der Waals surface area (Å²) >= 11 is 1.65. The number of fused-ring (bicyclic) bond motifs is 2. The van der Waals surface area contributed by atoms with E-state index in [0.717, 1.165) is 52.6 Å². The molecule has 33 heavy (non-hydrogen) atoms. The minimum atomic E-state index is -0.0919. The van der Waals surface area contributed by atoms with Crippen molar-refractivity contribution in [2.24, 2.45) is 16.3 Å². The summed E-state index contributed by atoms with van der Waals surface area (Å²) in [6.45, 7) is 7.15. The van der Waals surface area contributed by atoms with Gasteiger partial charge in [0.25, 0.3) is 5.91 Å². The minimum absolute atomic E-state index is 0.0919. The first-order chi connectivity index (χ1) is 15.9. The van der Waals surface area contributed by atoms with Gasteiger partial charge in [-0.15, -0.1) is 11.3 Å². The fraction of sp³-hybridized carbons (Fsp3) is 0.333. The second-order valence-electron chi connectivity index (χ2n) is 9.68. The van der Waals surface area contributed by atoms with Crippen molar-refractivity contribution >= 4 is 34.1 Å². The number of hydrogen-bond acceptors (Lipinski definition) is 5. The lowest BCUT2D eigenvalue weighted by Gasteiger charge is -2.33. The van der Waals surface area contributed by atoms with Crippen molar-refractivity contribution in [1.82, 2.24) is 0 Å². The Balaban J connectivity index is 1.49. The van der Waals surface area contributed by atoms with Crippen LogP contribution in [0.4, 0.5) is 10.7 Å². The largest absolute Gasteiger partial charge is 0.454 e. The average molecular weight is 461 g/mol. The fourth-order valence-electron chi connectivity index (χ4n) is 4.48. The highest BCUT2D eigenvalue weighted by atomic mass is 32.1. The zero-order valence-electron chi connectivity index (χ0n) is 19.2. The van der Waals surface area contributed by atoms with Crippen molar-refractivity contribution in [3.63, 3.8) is 0 Å². The summed E-state index contributed by atoms with van der Waals surface area (Å²) in [5.41, 5.74) is 3.81. The highest BCUT2D eigenvalue weighted by Gasteiger charge is 2.33. The van der Waals surface area contributed by atoms with E-state index >= 15 is 0 Å². The number of para-hydroxylation sites is 1. The number of carbonyl (C=O) groups excluding carboxylic acids is 1. The molecule has 2 aromatic carbocycles. The van der Waals surface area contributed by atoms with Crippen LogP contribution in [0.5, 0.6) is 11.5 Å². The number of aliphatic imine (C=N–C) groups is 1. The Hall–Kier alpha value is -3.12. The number of benzene rings is 2. The fourth-order valence-corrected chi connectivity index (χ4v) is 5.75. The number of nitrogens with one attached hydrogen (secondary N) is 1. The van der Waals surface area contributed by atoms with E-state index in [1.165, 1.54) is 4.88 Å². The zero-order valence-corrected chi connectivity index (χ0v) is 20.0. The number of amides is 1. The summed E-state index contributed by atoms with van der Waals surface area (Å²) < 4.78 is 10.9. The van der Waals surface area contributed by atoms with E-state index in [9.17, 15) is 4.79 Å². The van der Waals surface area contributed by atoms with Gasteiger partial charge in [-0.25, -0.2) is 4.99 Å². The minimum Gasteiger partial charge on any atom is -0.454 e. The van der Waals surface area contributed by atoms with E-state index in [1.807, 2.05) is 48.5 Å². The van der Waals surface area contributed by atoms with Gasteiger partial charge in [0.05, 0.1) is 5.56 Å². The number of thiophene rings is 1. The number of nitrogens with zero attached hydrogens (tertiary/aromatic N) is 1. The maximum Gasteiger partial charge on any atom is 0.259 e. The molecule has 1 N–H and O–H groups in total. The predicted molar refractivity (Wildman–Crippen MR) is 134 cm³/mol. The van der Waals surface area contributed by atoms with E-state index in [0.29, 0.717) is 11.5 Å². The topological polar surface area (TPSA) is 59.9 Å². The molecule has 170 valence electrons. The van der Waals surface area contributed by atoms with Gasteiger partial charge in [-0.1, -0.05) is 39.0 Å². The highest BCUT2D eigenvalue weighted by Crippen LogP contribution is 2.45. The van der Waals surface area contributed by atoms with Crippen molar-refractivity contribution in [3.05, 3.63) is 70.1 Å². The Bertz CT molecular complexity index is 1210. The molecule has 0 bridgehead atoms. The van der Waals surface area contributed by atoms with Crippen LogP contribution in [-0.2, 0) is 12.8 Å². The Morgan fingerprint density at radius 3 is 2.70 bits per heavy atom. The van der Waals surface area contributed by atoms with Crippen molar-refractivity contribution in [3.8, 4) is 11.5 Å². The number of carbonyl (C=O) groups is 1. The molecule has 3 aromatic rings. The van der Waals surface area contributed by atoms with Crippen LogP contribution < -0.4 is 14.8 Å². The average Bonchev–Trinajstić information content (AvgIpc) is 3.41. The third-order valence-electron chi connectivity index (χ3n) is 6.46. The standard InChI is InChI=1S/C27H28N2O3S/c1-27(2,3)18-10-11-20-23(14-18)33-26(24(20)25(30)29-19-7-5-4-6-8-19)28-15-17-9-12-21-22(13-17)32-16-31-21/h4-9,12-13,15,18H,10-11,14,16H2,1-3H3,(H,29,30)/t18-/m0/s1. The van der Waals surface area contributed by atoms with E-state index in [1.54, 1.807) is 17.6 Å². The SMILES string of the molecule is CC(C)(C)[C@H]1CCc2c(sc(N=Cc3ccc4c(c3)OCO4)c2C(=O)Nc2ccccc2)C1. The molecule has 1 aliphatic heterocycles. The van der Waals surface area contributed by atoms with Gasteiger partial charge >= 0.3 is 0 Å². The highest BCUT2D eigenvalue weighted by molar-refractivity contribution is 7.16. The molecule has 0 spiro atoms. The van der Waals surface area contributed by atoms with Gasteiger partial charge in [-0.2, -0.15) is 0 Å². The van der Waals surface area contributed by atoms with Crippen LogP contribution in [0.25, 0.3) is 0 Å². The molecule has 1 atom stereocenters. The molecule has 5 nitrogen and oxygen atoms in total. The molecule has 2 aliphatic rings. The Kier molecular flexibility index (Phi) is 5.71. The first-order valence-corrected chi connectivity index (χ1v) is 12.1. The molecule has 5 rings (SSSR count). The molecular weight excluding hydrogens is 432 g/mol. The molecule has 0 saturated heterocycles. The van der Waals surface area contributed by atoms with Crippen LogP contribution in [0.3, 0.4) is 0 Å².